The van der Waals surface area contributed by atoms with E-state index in [1.807, 2.05) is 6.07 Å². The van der Waals surface area contributed by atoms with Gasteiger partial charge in [-0.3, -0.25) is 4.79 Å². The maximum Gasteiger partial charge on any atom is 0.340 e. The number of ether oxygens (including phenoxy) is 1. The number of nitrogens with zero attached hydrogens (tertiary/aromatic N) is 1. The number of carboxylic acids is 1. The van der Waals surface area contributed by atoms with Crippen molar-refractivity contribution in [1.29, 1.82) is 0 Å². The zero-order valence-corrected chi connectivity index (χ0v) is 13.0. The van der Waals surface area contributed by atoms with E-state index in [2.05, 4.69) is 0 Å². The number of halogens is 2. The highest BCUT2D eigenvalue weighted by Crippen LogP contribution is 2.43. The van der Waals surface area contributed by atoms with E-state index in [1.165, 1.54) is 11.1 Å². The number of carboxylic acid groups (broad SMARTS) is 1. The fraction of sp³-hybridized carbons (Fsp3) is 0.333. The summed E-state index contributed by atoms with van der Waals surface area (Å²) in [5.74, 6) is -2.68. The molecule has 5 atom stereocenters. The lowest BCUT2D eigenvalue weighted by Gasteiger charge is -2.49. The van der Waals surface area contributed by atoms with Crippen molar-refractivity contribution in [3.8, 4) is 0 Å². The van der Waals surface area contributed by atoms with E-state index in [1.54, 1.807) is 30.5 Å². The van der Waals surface area contributed by atoms with Crippen LogP contribution in [0.15, 0.2) is 48.3 Å². The van der Waals surface area contributed by atoms with Crippen molar-refractivity contribution in [3.63, 3.8) is 0 Å². The lowest BCUT2D eigenvalue weighted by molar-refractivity contribution is -0.142. The van der Waals surface area contributed by atoms with Gasteiger partial charge >= 0.3 is 5.97 Å². The molecular weight excluding hydrogens is 332 g/mol. The van der Waals surface area contributed by atoms with Gasteiger partial charge in [-0.1, -0.05) is 30.3 Å². The van der Waals surface area contributed by atoms with E-state index >= 15 is 0 Å². The van der Waals surface area contributed by atoms with Crippen molar-refractivity contribution < 1.29 is 28.2 Å². The molecule has 25 heavy (non-hydrogen) atoms. The van der Waals surface area contributed by atoms with E-state index in [0.29, 0.717) is 11.3 Å². The van der Waals surface area contributed by atoms with Gasteiger partial charge in [-0.15, -0.1) is 0 Å². The molecule has 130 valence electrons. The summed E-state index contributed by atoms with van der Waals surface area (Å²) < 4.78 is 34.4. The number of ketones is 1. The number of carbonyl (C=O) groups excluding carboxylic acids is 1. The Morgan fingerprint density at radius 1 is 1.20 bits per heavy atom. The molecule has 1 saturated carbocycles. The molecular formula is C18H15F2NO4. The van der Waals surface area contributed by atoms with Crippen LogP contribution in [0.25, 0.3) is 5.76 Å². The summed E-state index contributed by atoms with van der Waals surface area (Å²) in [5, 5.41) is 9.26. The smallest absolute Gasteiger partial charge is 0.340 e. The highest BCUT2D eigenvalue weighted by Gasteiger charge is 2.55. The normalized spacial score (nSPS) is 33.8. The highest BCUT2D eigenvalue weighted by atomic mass is 19.2. The van der Waals surface area contributed by atoms with Crippen molar-refractivity contribution in [2.45, 2.75) is 30.9 Å². The van der Waals surface area contributed by atoms with E-state index in [-0.39, 0.29) is 6.42 Å². The summed E-state index contributed by atoms with van der Waals surface area (Å²) in [4.78, 5) is 25.2. The van der Waals surface area contributed by atoms with Gasteiger partial charge in [-0.2, -0.15) is 0 Å². The average molecular weight is 347 g/mol. The summed E-state index contributed by atoms with van der Waals surface area (Å²) in [6, 6.07) is 8.12. The minimum atomic E-state index is -1.89. The van der Waals surface area contributed by atoms with Crippen LogP contribution in [-0.4, -0.2) is 46.2 Å². The Balaban J connectivity index is 1.83. The Bertz CT molecular complexity index is 792. The zero-order chi connectivity index (χ0) is 17.7. The summed E-state index contributed by atoms with van der Waals surface area (Å²) >= 11 is 0. The second-order valence-electron chi connectivity index (χ2n) is 6.39. The quantitative estimate of drug-likeness (QED) is 0.832. The molecule has 0 radical (unpaired) electrons. The Morgan fingerprint density at radius 2 is 1.92 bits per heavy atom. The summed E-state index contributed by atoms with van der Waals surface area (Å²) in [5.41, 5.74) is 0.239. The first-order valence-electron chi connectivity index (χ1n) is 7.96. The number of hydrogen-bond acceptors (Lipinski definition) is 4. The third kappa shape index (κ3) is 2.42. The van der Waals surface area contributed by atoms with Crippen LogP contribution in [0.2, 0.25) is 0 Å². The van der Waals surface area contributed by atoms with Crippen LogP contribution in [-0.2, 0) is 14.3 Å². The molecule has 7 heteroatoms. The van der Waals surface area contributed by atoms with E-state index in [9.17, 15) is 23.5 Å². The molecule has 4 rings (SSSR count). The largest absolute Gasteiger partial charge is 0.483 e. The number of hydrogen-bond donors (Lipinski definition) is 1. The van der Waals surface area contributed by atoms with Crippen molar-refractivity contribution in [2.24, 2.45) is 5.92 Å². The number of Topliss-reactive ketones (excluding diaryl/α,β-unsaturated/α-hetero) is 1. The van der Waals surface area contributed by atoms with Gasteiger partial charge in [-0.05, 0) is 6.42 Å². The molecule has 0 bridgehead atoms. The minimum absolute atomic E-state index is 0.313. The third-order valence-corrected chi connectivity index (χ3v) is 4.93. The molecule has 3 aliphatic rings. The maximum atomic E-state index is 14.5. The second kappa shape index (κ2) is 5.68. The van der Waals surface area contributed by atoms with Crippen LogP contribution in [0.4, 0.5) is 8.78 Å². The molecule has 5 unspecified atom stereocenters. The fourth-order valence-corrected chi connectivity index (χ4v) is 3.75. The number of aliphatic carboxylic acids is 1. The summed E-state index contributed by atoms with van der Waals surface area (Å²) in [6.45, 7) is 0. The molecule has 0 saturated heterocycles. The summed E-state index contributed by atoms with van der Waals surface area (Å²) in [7, 11) is 0. The topological polar surface area (TPSA) is 66.8 Å². The molecule has 0 amide bonds. The molecule has 1 aliphatic carbocycles. The maximum absolute atomic E-state index is 14.5. The van der Waals surface area contributed by atoms with E-state index in [0.717, 1.165) is 0 Å². The Kier molecular flexibility index (Phi) is 3.59. The standard InChI is InChI=1S/C18H15F2NO4/c19-12-6-10-15-17(14(12)20)25-13(9-4-2-1-3-5-9)8-21(15)7-11(16(10)22)18(23)24/h1-5,7-8,10,12,14-15,17H,6H2,(H,23,24). The number of alkyl halides is 2. The summed E-state index contributed by atoms with van der Waals surface area (Å²) in [6.07, 6.45) is -2.55. The first kappa shape index (κ1) is 15.8. The zero-order valence-electron chi connectivity index (χ0n) is 13.0. The fourth-order valence-electron chi connectivity index (χ4n) is 3.75. The van der Waals surface area contributed by atoms with Gasteiger partial charge in [0.05, 0.1) is 12.0 Å². The Hall–Kier alpha value is -2.70. The predicted molar refractivity (Wildman–Crippen MR) is 83.5 cm³/mol. The molecule has 2 aliphatic heterocycles. The van der Waals surface area contributed by atoms with Crippen LogP contribution in [0.3, 0.4) is 0 Å². The van der Waals surface area contributed by atoms with Crippen molar-refractivity contribution in [1.82, 2.24) is 4.90 Å². The molecule has 1 N–H and O–H groups in total. The van der Waals surface area contributed by atoms with Gasteiger partial charge in [0.25, 0.3) is 0 Å². The van der Waals surface area contributed by atoms with Crippen molar-refractivity contribution in [2.75, 3.05) is 0 Å². The van der Waals surface area contributed by atoms with Gasteiger partial charge < -0.3 is 14.7 Å². The molecule has 2 heterocycles. The lowest BCUT2D eigenvalue weighted by atomic mass is 9.73. The Labute approximate surface area is 142 Å². The number of carbonyl (C=O) groups is 2. The SMILES string of the molecule is O=C(O)C1=CN2C=C(c3ccccc3)OC3C(F)C(F)CC(C1=O)C32. The molecule has 0 aromatic heterocycles. The number of rotatable bonds is 2. The minimum Gasteiger partial charge on any atom is -0.483 e. The molecule has 1 aromatic carbocycles. The monoisotopic (exact) mass is 347 g/mol. The van der Waals surface area contributed by atoms with Crippen LogP contribution >= 0.6 is 0 Å². The average Bonchev–Trinajstić information content (AvgIpc) is 2.61. The van der Waals surface area contributed by atoms with Gasteiger partial charge in [0.15, 0.2) is 18.1 Å². The van der Waals surface area contributed by atoms with E-state index in [4.69, 9.17) is 4.74 Å². The molecule has 1 fully saturated rings. The predicted octanol–water partition coefficient (Wildman–Crippen LogP) is 2.30. The highest BCUT2D eigenvalue weighted by molar-refractivity contribution is 6.18. The van der Waals surface area contributed by atoms with Crippen LogP contribution in [0.5, 0.6) is 0 Å². The third-order valence-electron chi connectivity index (χ3n) is 4.93. The molecule has 0 spiro atoms. The van der Waals surface area contributed by atoms with Gasteiger partial charge in [0.2, 0.25) is 0 Å². The van der Waals surface area contributed by atoms with Crippen LogP contribution in [0.1, 0.15) is 12.0 Å². The first-order chi connectivity index (χ1) is 12.0. The second-order valence-corrected chi connectivity index (χ2v) is 6.39. The lowest BCUT2D eigenvalue weighted by Crippen LogP contribution is -2.62. The van der Waals surface area contributed by atoms with Crippen molar-refractivity contribution >= 4 is 17.5 Å². The van der Waals surface area contributed by atoms with Crippen molar-refractivity contribution in [3.05, 3.63) is 53.9 Å². The van der Waals surface area contributed by atoms with Crippen LogP contribution < -0.4 is 0 Å². The van der Waals surface area contributed by atoms with E-state index < -0.39 is 47.7 Å². The molecule has 1 aromatic rings. The van der Waals surface area contributed by atoms with Gasteiger partial charge in [-0.25, -0.2) is 13.6 Å². The number of benzene rings is 1. The molecule has 5 nitrogen and oxygen atoms in total. The van der Waals surface area contributed by atoms with Gasteiger partial charge in [0.1, 0.15) is 17.5 Å². The van der Waals surface area contributed by atoms with Crippen LogP contribution in [0, 0.1) is 5.92 Å². The van der Waals surface area contributed by atoms with Gasteiger partial charge in [0, 0.05) is 18.0 Å². The first-order valence-corrected chi connectivity index (χ1v) is 7.96. The Morgan fingerprint density at radius 3 is 2.60 bits per heavy atom.